The zero-order chi connectivity index (χ0) is 19.3. The molecule has 4 amide bonds. The minimum absolute atomic E-state index is 0.132. The lowest BCUT2D eigenvalue weighted by Crippen LogP contribution is -2.45. The van der Waals surface area contributed by atoms with Crippen LogP contribution in [0, 0.1) is 5.92 Å². The minimum Gasteiger partial charge on any atom is -0.356 e. The average molecular weight is 364 g/mol. The number of likely N-dealkylation sites (tertiary alicyclic amines) is 1. The highest BCUT2D eigenvalue weighted by atomic mass is 16.2. The van der Waals surface area contributed by atoms with Crippen molar-refractivity contribution in [2.45, 2.75) is 25.8 Å². The molecule has 0 saturated carbocycles. The van der Waals surface area contributed by atoms with Crippen molar-refractivity contribution >= 4 is 29.4 Å². The van der Waals surface area contributed by atoms with Crippen molar-refractivity contribution in [3.8, 4) is 0 Å². The quantitative estimate of drug-likeness (QED) is 0.506. The van der Waals surface area contributed by atoms with E-state index in [9.17, 15) is 24.0 Å². The summed E-state index contributed by atoms with van der Waals surface area (Å²) in [5.41, 5.74) is 0. The van der Waals surface area contributed by atoms with E-state index in [1.54, 1.807) is 0 Å². The van der Waals surface area contributed by atoms with Crippen molar-refractivity contribution in [2.24, 2.45) is 5.92 Å². The first-order valence-electron chi connectivity index (χ1n) is 8.58. The van der Waals surface area contributed by atoms with Crippen molar-refractivity contribution in [1.29, 1.82) is 0 Å². The predicted octanol–water partition coefficient (Wildman–Crippen LogP) is -1.56. The third kappa shape index (κ3) is 4.90. The molecule has 2 atom stereocenters. The Morgan fingerprint density at radius 1 is 1.35 bits per heavy atom. The van der Waals surface area contributed by atoms with E-state index in [4.69, 9.17) is 0 Å². The Labute approximate surface area is 151 Å². The van der Waals surface area contributed by atoms with Gasteiger partial charge in [0, 0.05) is 26.6 Å². The molecular weight excluding hydrogens is 340 g/mol. The van der Waals surface area contributed by atoms with E-state index in [-0.39, 0.29) is 49.1 Å². The Hall–Kier alpha value is -2.71. The number of Topliss-reactive ketones (excluding diaryl/α,β-unsaturated/α-hetero) is 1. The Morgan fingerprint density at radius 3 is 2.65 bits per heavy atom. The topological polar surface area (TPSA) is 116 Å². The largest absolute Gasteiger partial charge is 0.356 e. The summed E-state index contributed by atoms with van der Waals surface area (Å²) < 4.78 is 0. The molecule has 0 aromatic carbocycles. The number of nitrogens with zero attached hydrogens (tertiary/aromatic N) is 2. The van der Waals surface area contributed by atoms with E-state index in [0.29, 0.717) is 25.9 Å². The summed E-state index contributed by atoms with van der Waals surface area (Å²) in [4.78, 5) is 62.0. The second-order valence-corrected chi connectivity index (χ2v) is 6.54. The number of ketones is 1. The molecule has 0 radical (unpaired) electrons. The van der Waals surface area contributed by atoms with Crippen LogP contribution in [0.2, 0.25) is 0 Å². The Morgan fingerprint density at radius 2 is 2.08 bits per heavy atom. The molecule has 0 aromatic rings. The van der Waals surface area contributed by atoms with Crippen molar-refractivity contribution in [1.82, 2.24) is 20.4 Å². The number of hydrogen-bond donors (Lipinski definition) is 2. The fourth-order valence-electron chi connectivity index (χ4n) is 3.20. The van der Waals surface area contributed by atoms with Crippen LogP contribution in [-0.2, 0) is 24.0 Å². The molecule has 2 heterocycles. The van der Waals surface area contributed by atoms with Crippen LogP contribution in [0.15, 0.2) is 12.7 Å². The van der Waals surface area contributed by atoms with E-state index in [0.717, 1.165) is 6.08 Å². The number of amides is 4. The van der Waals surface area contributed by atoms with Crippen molar-refractivity contribution < 1.29 is 24.0 Å². The Bertz CT molecular complexity index is 633. The SMILES string of the molecule is C=CC(=O)N(CC(=O)CN1CCC(NC(C)=O)C1=O)CC1CCNC1=O. The normalized spacial score (nSPS) is 22.1. The maximum atomic E-state index is 12.3. The molecule has 2 N–H and O–H groups in total. The summed E-state index contributed by atoms with van der Waals surface area (Å²) >= 11 is 0. The predicted molar refractivity (Wildman–Crippen MR) is 91.7 cm³/mol. The third-order valence-electron chi connectivity index (χ3n) is 4.50. The smallest absolute Gasteiger partial charge is 0.246 e. The molecule has 142 valence electrons. The molecule has 2 unspecified atom stereocenters. The van der Waals surface area contributed by atoms with Crippen LogP contribution in [0.3, 0.4) is 0 Å². The fraction of sp³-hybridized carbons (Fsp3) is 0.588. The van der Waals surface area contributed by atoms with Crippen molar-refractivity contribution in [2.75, 3.05) is 32.7 Å². The van der Waals surface area contributed by atoms with Gasteiger partial charge in [-0.15, -0.1) is 0 Å². The number of hydrogen-bond acceptors (Lipinski definition) is 5. The molecule has 2 aliphatic rings. The van der Waals surface area contributed by atoms with E-state index in [1.165, 1.54) is 16.7 Å². The molecular formula is C17H24N4O5. The average Bonchev–Trinajstić information content (AvgIpc) is 3.13. The van der Waals surface area contributed by atoms with Crippen molar-refractivity contribution in [3.05, 3.63) is 12.7 Å². The summed E-state index contributed by atoms with van der Waals surface area (Å²) in [5, 5.41) is 5.25. The monoisotopic (exact) mass is 364 g/mol. The standard InChI is InChI=1S/C17H24N4O5/c1-3-15(24)21(8-12-4-6-18-16(12)25)10-13(23)9-20-7-5-14(17(20)26)19-11(2)22/h3,12,14H,1,4-10H2,2H3,(H,18,25)(H,19,22). The van der Waals surface area contributed by atoms with Crippen molar-refractivity contribution in [3.63, 3.8) is 0 Å². The van der Waals surface area contributed by atoms with Crippen LogP contribution in [-0.4, -0.2) is 78.0 Å². The van der Waals surface area contributed by atoms with Gasteiger partial charge in [-0.3, -0.25) is 24.0 Å². The fourth-order valence-corrected chi connectivity index (χ4v) is 3.20. The second kappa shape index (κ2) is 8.59. The van der Waals surface area contributed by atoms with Gasteiger partial charge in [0.25, 0.3) is 0 Å². The van der Waals surface area contributed by atoms with E-state index >= 15 is 0 Å². The van der Waals surface area contributed by atoms with Crippen LogP contribution in [0.5, 0.6) is 0 Å². The van der Waals surface area contributed by atoms with Crippen LogP contribution in [0.4, 0.5) is 0 Å². The molecule has 2 fully saturated rings. The zero-order valence-electron chi connectivity index (χ0n) is 14.8. The van der Waals surface area contributed by atoms with E-state index < -0.39 is 11.9 Å². The highest BCUT2D eigenvalue weighted by molar-refractivity contribution is 5.95. The molecule has 0 aromatic heterocycles. The molecule has 9 nitrogen and oxygen atoms in total. The number of carbonyl (C=O) groups excluding carboxylic acids is 5. The lowest BCUT2D eigenvalue weighted by atomic mass is 10.1. The number of carbonyl (C=O) groups is 5. The molecule has 0 bridgehead atoms. The summed E-state index contributed by atoms with van der Waals surface area (Å²) in [6.07, 6.45) is 2.16. The van der Waals surface area contributed by atoms with Crippen LogP contribution < -0.4 is 10.6 Å². The first kappa shape index (κ1) is 19.6. The first-order chi connectivity index (χ1) is 12.3. The van der Waals surface area contributed by atoms with Gasteiger partial charge in [0.05, 0.1) is 19.0 Å². The molecule has 2 aliphatic heterocycles. The molecule has 0 spiro atoms. The van der Waals surface area contributed by atoms with Gasteiger partial charge in [-0.1, -0.05) is 6.58 Å². The van der Waals surface area contributed by atoms with E-state index in [2.05, 4.69) is 17.2 Å². The second-order valence-electron chi connectivity index (χ2n) is 6.54. The highest BCUT2D eigenvalue weighted by Crippen LogP contribution is 2.13. The molecule has 2 rings (SSSR count). The lowest BCUT2D eigenvalue weighted by molar-refractivity contribution is -0.137. The van der Waals surface area contributed by atoms with Gasteiger partial charge >= 0.3 is 0 Å². The summed E-state index contributed by atoms with van der Waals surface area (Å²) in [6.45, 7) is 5.51. The van der Waals surface area contributed by atoms with Crippen LogP contribution in [0.25, 0.3) is 0 Å². The summed E-state index contributed by atoms with van der Waals surface area (Å²) in [5.74, 6) is -1.81. The molecule has 26 heavy (non-hydrogen) atoms. The highest BCUT2D eigenvalue weighted by Gasteiger charge is 2.34. The van der Waals surface area contributed by atoms with Crippen LogP contribution in [0.1, 0.15) is 19.8 Å². The first-order valence-corrected chi connectivity index (χ1v) is 8.58. The van der Waals surface area contributed by atoms with E-state index in [1.807, 2.05) is 0 Å². The molecule has 2 saturated heterocycles. The third-order valence-corrected chi connectivity index (χ3v) is 4.50. The maximum Gasteiger partial charge on any atom is 0.246 e. The zero-order valence-corrected chi connectivity index (χ0v) is 14.8. The lowest BCUT2D eigenvalue weighted by Gasteiger charge is -2.24. The molecule has 9 heteroatoms. The summed E-state index contributed by atoms with van der Waals surface area (Å²) in [7, 11) is 0. The van der Waals surface area contributed by atoms with Gasteiger partial charge in [0.1, 0.15) is 6.04 Å². The van der Waals surface area contributed by atoms with Gasteiger partial charge in [0.2, 0.25) is 23.6 Å². The van der Waals surface area contributed by atoms with Crippen LogP contribution >= 0.6 is 0 Å². The Kier molecular flexibility index (Phi) is 6.48. The Balaban J connectivity index is 1.91. The summed E-state index contributed by atoms with van der Waals surface area (Å²) in [6, 6.07) is -0.603. The van der Waals surface area contributed by atoms with Gasteiger partial charge in [-0.05, 0) is 18.9 Å². The number of rotatable bonds is 8. The van der Waals surface area contributed by atoms with Gasteiger partial charge in [-0.25, -0.2) is 0 Å². The van der Waals surface area contributed by atoms with Gasteiger partial charge in [-0.2, -0.15) is 0 Å². The number of nitrogens with one attached hydrogen (secondary N) is 2. The van der Waals surface area contributed by atoms with Gasteiger partial charge < -0.3 is 20.4 Å². The minimum atomic E-state index is -0.603. The molecule has 0 aliphatic carbocycles. The maximum absolute atomic E-state index is 12.3. The van der Waals surface area contributed by atoms with Gasteiger partial charge in [0.15, 0.2) is 5.78 Å².